The summed E-state index contributed by atoms with van der Waals surface area (Å²) in [6, 6.07) is 6.25. The number of hydrogen-bond acceptors (Lipinski definition) is 4. The van der Waals surface area contributed by atoms with Crippen LogP contribution in [0.1, 0.15) is 10.4 Å². The summed E-state index contributed by atoms with van der Waals surface area (Å²) in [6.07, 6.45) is 2.82. The average Bonchev–Trinajstić information content (AvgIpc) is 2.47. The van der Waals surface area contributed by atoms with Crippen LogP contribution in [0.4, 0.5) is 5.69 Å². The molecular weight excluding hydrogens is 260 g/mol. The van der Waals surface area contributed by atoms with Gasteiger partial charge >= 0.3 is 0 Å². The topological polar surface area (TPSA) is 80.4 Å². The van der Waals surface area contributed by atoms with E-state index >= 15 is 0 Å². The number of methoxy groups -OCH3 is 2. The monoisotopic (exact) mass is 274 g/mol. The Hall–Kier alpha value is -2.76. The molecule has 1 amide bonds. The van der Waals surface area contributed by atoms with Crippen LogP contribution in [0.25, 0.3) is 0 Å². The van der Waals surface area contributed by atoms with Crippen molar-refractivity contribution in [2.24, 2.45) is 0 Å². The zero-order valence-electron chi connectivity index (χ0n) is 11.1. The van der Waals surface area contributed by atoms with E-state index in [1.165, 1.54) is 32.7 Å². The van der Waals surface area contributed by atoms with Crippen molar-refractivity contribution in [3.63, 3.8) is 0 Å². The van der Waals surface area contributed by atoms with Gasteiger partial charge in [-0.25, -0.2) is 0 Å². The van der Waals surface area contributed by atoms with E-state index in [1.807, 2.05) is 0 Å². The molecule has 0 fully saturated rings. The Bertz CT molecular complexity index is 657. The van der Waals surface area contributed by atoms with Gasteiger partial charge < -0.3 is 19.8 Å². The Balaban J connectivity index is 2.28. The van der Waals surface area contributed by atoms with Crippen LogP contribution in [-0.4, -0.2) is 25.1 Å². The number of carbonyl (C=O) groups excluding carboxylic acids is 1. The quantitative estimate of drug-likeness (QED) is 0.888. The van der Waals surface area contributed by atoms with Crippen LogP contribution in [0.2, 0.25) is 0 Å². The fourth-order valence-corrected chi connectivity index (χ4v) is 1.67. The molecule has 0 aliphatic rings. The molecule has 0 aliphatic heterocycles. The van der Waals surface area contributed by atoms with Crippen molar-refractivity contribution in [3.05, 3.63) is 52.4 Å². The number of pyridine rings is 1. The van der Waals surface area contributed by atoms with Gasteiger partial charge in [0.25, 0.3) is 5.91 Å². The molecule has 0 spiro atoms. The van der Waals surface area contributed by atoms with Crippen LogP contribution in [0, 0.1) is 0 Å². The number of nitrogens with one attached hydrogen (secondary N) is 2. The van der Waals surface area contributed by atoms with E-state index in [0.717, 1.165) is 0 Å². The number of amides is 1. The molecule has 0 atom stereocenters. The molecule has 0 unspecified atom stereocenters. The Labute approximate surface area is 115 Å². The maximum absolute atomic E-state index is 12.0. The van der Waals surface area contributed by atoms with Gasteiger partial charge in [0.2, 0.25) is 0 Å². The number of hydrogen-bond donors (Lipinski definition) is 2. The van der Waals surface area contributed by atoms with E-state index in [4.69, 9.17) is 9.47 Å². The molecule has 1 aromatic carbocycles. The Morgan fingerprint density at radius 3 is 2.35 bits per heavy atom. The van der Waals surface area contributed by atoms with Crippen LogP contribution >= 0.6 is 0 Å². The second kappa shape index (κ2) is 5.92. The van der Waals surface area contributed by atoms with E-state index in [9.17, 15) is 9.59 Å². The average molecular weight is 274 g/mol. The van der Waals surface area contributed by atoms with Gasteiger partial charge in [-0.2, -0.15) is 0 Å². The van der Waals surface area contributed by atoms with Gasteiger partial charge in [-0.15, -0.1) is 0 Å². The molecule has 2 N–H and O–H groups in total. The normalized spacial score (nSPS) is 9.90. The van der Waals surface area contributed by atoms with Crippen LogP contribution in [0.3, 0.4) is 0 Å². The fraction of sp³-hybridized carbons (Fsp3) is 0.143. The Kier molecular flexibility index (Phi) is 4.05. The lowest BCUT2D eigenvalue weighted by atomic mass is 10.2. The zero-order chi connectivity index (χ0) is 14.5. The summed E-state index contributed by atoms with van der Waals surface area (Å²) in [6.45, 7) is 0. The van der Waals surface area contributed by atoms with Gasteiger partial charge in [0.05, 0.1) is 14.2 Å². The second-order valence-corrected chi connectivity index (χ2v) is 3.98. The lowest BCUT2D eigenvalue weighted by molar-refractivity contribution is 0.102. The standard InChI is InChI=1S/C14H14N2O4/c1-19-10-5-9(6-11(7-10)20-2)16-14(18)12-8-15-4-3-13(12)17/h3-8H,1-2H3,(H,15,17)(H,16,18). The molecule has 1 heterocycles. The maximum Gasteiger partial charge on any atom is 0.261 e. The van der Waals surface area contributed by atoms with E-state index in [1.54, 1.807) is 18.2 Å². The smallest absolute Gasteiger partial charge is 0.261 e. The van der Waals surface area contributed by atoms with Gasteiger partial charge in [0, 0.05) is 42.3 Å². The van der Waals surface area contributed by atoms with Crippen LogP contribution in [-0.2, 0) is 0 Å². The van der Waals surface area contributed by atoms with Crippen LogP contribution in [0.5, 0.6) is 11.5 Å². The number of aromatic nitrogens is 1. The molecule has 104 valence electrons. The van der Waals surface area contributed by atoms with Gasteiger partial charge in [0.1, 0.15) is 17.1 Å². The highest BCUT2D eigenvalue weighted by Crippen LogP contribution is 2.25. The van der Waals surface area contributed by atoms with Crippen molar-refractivity contribution in [1.29, 1.82) is 0 Å². The number of ether oxygens (including phenoxy) is 2. The summed E-state index contributed by atoms with van der Waals surface area (Å²) >= 11 is 0. The van der Waals surface area contributed by atoms with Crippen molar-refractivity contribution in [2.75, 3.05) is 19.5 Å². The minimum atomic E-state index is -0.498. The van der Waals surface area contributed by atoms with Gasteiger partial charge in [-0.05, 0) is 0 Å². The van der Waals surface area contributed by atoms with Crippen molar-refractivity contribution in [2.45, 2.75) is 0 Å². The highest BCUT2D eigenvalue weighted by atomic mass is 16.5. The molecule has 1 aromatic heterocycles. The van der Waals surface area contributed by atoms with Crippen LogP contribution < -0.4 is 20.2 Å². The van der Waals surface area contributed by atoms with Crippen molar-refractivity contribution in [1.82, 2.24) is 4.98 Å². The summed E-state index contributed by atoms with van der Waals surface area (Å²) in [5.41, 5.74) is 0.167. The largest absolute Gasteiger partial charge is 0.497 e. The predicted molar refractivity (Wildman–Crippen MR) is 74.6 cm³/mol. The molecule has 0 aliphatic carbocycles. The minimum absolute atomic E-state index is 0.0364. The minimum Gasteiger partial charge on any atom is -0.497 e. The van der Waals surface area contributed by atoms with Crippen molar-refractivity contribution < 1.29 is 14.3 Å². The Morgan fingerprint density at radius 2 is 1.80 bits per heavy atom. The third-order valence-electron chi connectivity index (χ3n) is 2.68. The SMILES string of the molecule is COc1cc(NC(=O)c2c[nH]ccc2=O)cc(OC)c1. The second-order valence-electron chi connectivity index (χ2n) is 3.98. The van der Waals surface area contributed by atoms with E-state index in [0.29, 0.717) is 17.2 Å². The van der Waals surface area contributed by atoms with Crippen molar-refractivity contribution in [3.8, 4) is 11.5 Å². The molecule has 6 heteroatoms. The lowest BCUT2D eigenvalue weighted by Crippen LogP contribution is -2.20. The molecule has 20 heavy (non-hydrogen) atoms. The number of H-pyrrole nitrogens is 1. The first-order valence-corrected chi connectivity index (χ1v) is 5.85. The predicted octanol–water partition coefficient (Wildman–Crippen LogP) is 1.64. The number of rotatable bonds is 4. The third-order valence-corrected chi connectivity index (χ3v) is 2.68. The Morgan fingerprint density at radius 1 is 1.15 bits per heavy atom. The molecule has 0 bridgehead atoms. The highest BCUT2D eigenvalue weighted by Gasteiger charge is 2.11. The molecule has 0 radical (unpaired) electrons. The van der Waals surface area contributed by atoms with E-state index in [2.05, 4.69) is 10.3 Å². The third kappa shape index (κ3) is 2.97. The summed E-state index contributed by atoms with van der Waals surface area (Å²) in [7, 11) is 3.03. The summed E-state index contributed by atoms with van der Waals surface area (Å²) in [5.74, 6) is 0.588. The van der Waals surface area contributed by atoms with Gasteiger partial charge in [0.15, 0.2) is 5.43 Å². The first-order chi connectivity index (χ1) is 9.63. The number of anilines is 1. The van der Waals surface area contributed by atoms with Gasteiger partial charge in [-0.1, -0.05) is 0 Å². The van der Waals surface area contributed by atoms with Crippen molar-refractivity contribution >= 4 is 11.6 Å². The maximum atomic E-state index is 12.0. The van der Waals surface area contributed by atoms with Gasteiger partial charge in [-0.3, -0.25) is 9.59 Å². The van der Waals surface area contributed by atoms with E-state index in [-0.39, 0.29) is 11.0 Å². The van der Waals surface area contributed by atoms with Crippen LogP contribution in [0.15, 0.2) is 41.5 Å². The first-order valence-electron chi connectivity index (χ1n) is 5.85. The fourth-order valence-electron chi connectivity index (χ4n) is 1.67. The highest BCUT2D eigenvalue weighted by molar-refractivity contribution is 6.04. The first kappa shape index (κ1) is 13.7. The molecule has 6 nitrogen and oxygen atoms in total. The zero-order valence-corrected chi connectivity index (χ0v) is 11.1. The summed E-state index contributed by atoms with van der Waals surface area (Å²) in [5, 5.41) is 2.63. The lowest BCUT2D eigenvalue weighted by Gasteiger charge is -2.09. The summed E-state index contributed by atoms with van der Waals surface area (Å²) in [4.78, 5) is 26.3. The number of aromatic amines is 1. The molecule has 2 rings (SSSR count). The molecular formula is C14H14N2O4. The van der Waals surface area contributed by atoms with E-state index < -0.39 is 5.91 Å². The molecule has 0 saturated heterocycles. The molecule has 0 saturated carbocycles. The number of carbonyl (C=O) groups is 1. The number of benzene rings is 1. The summed E-state index contributed by atoms with van der Waals surface area (Å²) < 4.78 is 10.2. The molecule has 2 aromatic rings.